The normalized spacial score (nSPS) is 10.2. The molecule has 1 amide bonds. The summed E-state index contributed by atoms with van der Waals surface area (Å²) in [5.41, 5.74) is 0.311. The van der Waals surface area contributed by atoms with Crippen molar-refractivity contribution < 1.29 is 9.72 Å². The van der Waals surface area contributed by atoms with Gasteiger partial charge in [0.05, 0.1) is 9.40 Å². The van der Waals surface area contributed by atoms with Crippen molar-refractivity contribution in [1.82, 2.24) is 10.2 Å². The molecular formula is C9H4BrClN4O3S. The van der Waals surface area contributed by atoms with Gasteiger partial charge >= 0.3 is 0 Å². The van der Waals surface area contributed by atoms with Gasteiger partial charge in [0.2, 0.25) is 9.47 Å². The molecule has 98 valence electrons. The van der Waals surface area contributed by atoms with E-state index in [9.17, 15) is 14.9 Å². The first kappa shape index (κ1) is 13.8. The van der Waals surface area contributed by atoms with E-state index in [4.69, 9.17) is 11.6 Å². The fourth-order valence-corrected chi connectivity index (χ4v) is 2.46. The summed E-state index contributed by atoms with van der Waals surface area (Å²) in [7, 11) is 0. The highest BCUT2D eigenvalue weighted by molar-refractivity contribution is 9.10. The van der Waals surface area contributed by atoms with Gasteiger partial charge in [0.25, 0.3) is 11.6 Å². The Hall–Kier alpha value is -1.58. The summed E-state index contributed by atoms with van der Waals surface area (Å²) in [6.45, 7) is 0. The molecule has 2 rings (SSSR count). The molecule has 2 aromatic rings. The number of nitrogens with one attached hydrogen (secondary N) is 1. The Morgan fingerprint density at radius 3 is 2.74 bits per heavy atom. The summed E-state index contributed by atoms with van der Waals surface area (Å²) in [6.07, 6.45) is 0. The third-order valence-corrected chi connectivity index (χ3v) is 3.65. The topological polar surface area (TPSA) is 98.0 Å². The van der Waals surface area contributed by atoms with Crippen LogP contribution in [-0.4, -0.2) is 21.0 Å². The average molecular weight is 364 g/mol. The predicted molar refractivity (Wildman–Crippen MR) is 73.7 cm³/mol. The number of halogens is 2. The molecule has 0 fully saturated rings. The first-order chi connectivity index (χ1) is 8.97. The largest absolute Gasteiger partial charge is 0.320 e. The molecule has 0 unspecified atom stereocenters. The van der Waals surface area contributed by atoms with Crippen LogP contribution in [0.2, 0.25) is 4.47 Å². The number of benzene rings is 1. The molecule has 0 aliphatic rings. The summed E-state index contributed by atoms with van der Waals surface area (Å²) in [4.78, 5) is 21.9. The summed E-state index contributed by atoms with van der Waals surface area (Å²) < 4.78 is 0.431. The minimum Gasteiger partial charge on any atom is -0.320 e. The number of hydrogen-bond acceptors (Lipinski definition) is 6. The molecule has 0 aliphatic heterocycles. The lowest BCUT2D eigenvalue weighted by Gasteiger charge is -2.03. The molecule has 1 aromatic carbocycles. The lowest BCUT2D eigenvalue weighted by molar-refractivity contribution is -0.385. The molecule has 0 aliphatic carbocycles. The summed E-state index contributed by atoms with van der Waals surface area (Å²) in [6, 6.07) is 4.13. The van der Waals surface area contributed by atoms with E-state index in [0.717, 1.165) is 11.3 Å². The van der Waals surface area contributed by atoms with Crippen molar-refractivity contribution in [2.24, 2.45) is 0 Å². The molecule has 0 spiro atoms. The maximum absolute atomic E-state index is 11.7. The standard InChI is InChI=1S/C9H4BrClN4O3S/c10-5-3-4(1-2-6(5)15(17)18)12-7(16)8-13-14-9(11)19-8/h1-3H,(H,12,16). The van der Waals surface area contributed by atoms with Gasteiger partial charge in [-0.2, -0.15) is 0 Å². The monoisotopic (exact) mass is 362 g/mol. The van der Waals surface area contributed by atoms with Crippen LogP contribution >= 0.6 is 38.9 Å². The van der Waals surface area contributed by atoms with Gasteiger partial charge in [-0.15, -0.1) is 10.2 Å². The van der Waals surface area contributed by atoms with Gasteiger partial charge in [-0.1, -0.05) is 11.3 Å². The van der Waals surface area contributed by atoms with Crippen LogP contribution in [-0.2, 0) is 0 Å². The number of rotatable bonds is 3. The number of anilines is 1. The molecule has 0 atom stereocenters. The average Bonchev–Trinajstić information content (AvgIpc) is 2.75. The van der Waals surface area contributed by atoms with Gasteiger partial charge in [-0.05, 0) is 39.7 Å². The van der Waals surface area contributed by atoms with E-state index >= 15 is 0 Å². The van der Waals surface area contributed by atoms with E-state index < -0.39 is 10.8 Å². The van der Waals surface area contributed by atoms with Gasteiger partial charge in [0, 0.05) is 11.8 Å². The summed E-state index contributed by atoms with van der Waals surface area (Å²) in [5.74, 6) is -0.481. The Morgan fingerprint density at radius 2 is 2.21 bits per heavy atom. The van der Waals surface area contributed by atoms with Gasteiger partial charge < -0.3 is 5.32 Å². The molecule has 1 N–H and O–H groups in total. The first-order valence-electron chi connectivity index (χ1n) is 4.71. The van der Waals surface area contributed by atoms with E-state index in [1.54, 1.807) is 0 Å². The quantitative estimate of drug-likeness (QED) is 0.667. The van der Waals surface area contributed by atoms with Crippen LogP contribution in [0.4, 0.5) is 11.4 Å². The number of nitro groups is 1. The van der Waals surface area contributed by atoms with Gasteiger partial charge in [0.15, 0.2) is 0 Å². The van der Waals surface area contributed by atoms with Crippen molar-refractivity contribution in [3.8, 4) is 0 Å². The Morgan fingerprint density at radius 1 is 1.47 bits per heavy atom. The van der Waals surface area contributed by atoms with Crippen molar-refractivity contribution >= 4 is 56.1 Å². The van der Waals surface area contributed by atoms with Crippen molar-refractivity contribution in [2.45, 2.75) is 0 Å². The van der Waals surface area contributed by atoms with Crippen LogP contribution in [0.3, 0.4) is 0 Å². The zero-order chi connectivity index (χ0) is 14.0. The number of nitrogens with zero attached hydrogens (tertiary/aromatic N) is 3. The Balaban J connectivity index is 2.18. The first-order valence-corrected chi connectivity index (χ1v) is 6.70. The minimum atomic E-state index is -0.528. The fraction of sp³-hybridized carbons (Fsp3) is 0. The molecule has 19 heavy (non-hydrogen) atoms. The van der Waals surface area contributed by atoms with Crippen molar-refractivity contribution in [3.05, 3.63) is 42.3 Å². The van der Waals surface area contributed by atoms with E-state index in [2.05, 4.69) is 31.4 Å². The molecule has 0 saturated carbocycles. The van der Waals surface area contributed by atoms with Crippen LogP contribution in [0.5, 0.6) is 0 Å². The maximum atomic E-state index is 11.7. The third kappa shape index (κ3) is 3.25. The number of aromatic nitrogens is 2. The van der Waals surface area contributed by atoms with E-state index in [1.165, 1.54) is 18.2 Å². The lowest BCUT2D eigenvalue weighted by Crippen LogP contribution is -2.11. The summed E-state index contributed by atoms with van der Waals surface area (Å²) >= 11 is 9.57. The maximum Gasteiger partial charge on any atom is 0.286 e. The Kier molecular flexibility index (Phi) is 4.08. The van der Waals surface area contributed by atoms with Gasteiger partial charge in [0.1, 0.15) is 0 Å². The fourth-order valence-electron chi connectivity index (χ4n) is 1.21. The predicted octanol–water partition coefficient (Wildman–Crippen LogP) is 3.11. The second kappa shape index (κ2) is 5.59. The molecule has 1 aromatic heterocycles. The number of nitro benzene ring substituents is 1. The Labute approximate surface area is 123 Å². The van der Waals surface area contributed by atoms with Crippen molar-refractivity contribution in [3.63, 3.8) is 0 Å². The molecule has 7 nitrogen and oxygen atoms in total. The van der Waals surface area contributed by atoms with Crippen LogP contribution in [0.15, 0.2) is 22.7 Å². The Bertz CT molecular complexity index is 663. The molecule has 0 saturated heterocycles. The molecular weight excluding hydrogens is 360 g/mol. The van der Waals surface area contributed by atoms with Crippen LogP contribution in [0.25, 0.3) is 0 Å². The van der Waals surface area contributed by atoms with Gasteiger partial charge in [-0.25, -0.2) is 0 Å². The molecule has 1 heterocycles. The zero-order valence-corrected chi connectivity index (χ0v) is 12.1. The molecule has 10 heteroatoms. The van der Waals surface area contributed by atoms with E-state index in [-0.39, 0.29) is 19.6 Å². The lowest BCUT2D eigenvalue weighted by atomic mass is 10.3. The smallest absolute Gasteiger partial charge is 0.286 e. The van der Waals surface area contributed by atoms with Gasteiger partial charge in [-0.3, -0.25) is 14.9 Å². The molecule has 0 radical (unpaired) electrons. The van der Waals surface area contributed by atoms with Crippen LogP contribution in [0, 0.1) is 10.1 Å². The number of hydrogen-bond donors (Lipinski definition) is 1. The van der Waals surface area contributed by atoms with Crippen molar-refractivity contribution in [2.75, 3.05) is 5.32 Å². The highest BCUT2D eigenvalue weighted by atomic mass is 79.9. The number of carbonyl (C=O) groups excluding carboxylic acids is 1. The van der Waals surface area contributed by atoms with Crippen LogP contribution < -0.4 is 5.32 Å². The van der Waals surface area contributed by atoms with E-state index in [1.807, 2.05) is 0 Å². The van der Waals surface area contributed by atoms with Crippen LogP contribution in [0.1, 0.15) is 9.80 Å². The highest BCUT2D eigenvalue weighted by Gasteiger charge is 2.15. The molecule has 0 bridgehead atoms. The summed E-state index contributed by atoms with van der Waals surface area (Å²) in [5, 5.41) is 20.4. The number of carbonyl (C=O) groups is 1. The number of amides is 1. The van der Waals surface area contributed by atoms with Crippen molar-refractivity contribution in [1.29, 1.82) is 0 Å². The SMILES string of the molecule is O=C(Nc1ccc([N+](=O)[O-])c(Br)c1)c1nnc(Cl)s1. The highest BCUT2D eigenvalue weighted by Crippen LogP contribution is 2.28. The minimum absolute atomic E-state index is 0.0861. The second-order valence-corrected chi connectivity index (χ2v) is 5.65. The third-order valence-electron chi connectivity index (χ3n) is 2.00. The second-order valence-electron chi connectivity index (χ2n) is 3.24. The zero-order valence-electron chi connectivity index (χ0n) is 8.96. The van der Waals surface area contributed by atoms with E-state index in [0.29, 0.717) is 5.69 Å².